The number of carbonyl (C=O) groups excluding carboxylic acids is 1. The molecule has 6 nitrogen and oxygen atoms in total. The van der Waals surface area contributed by atoms with Gasteiger partial charge in [0.25, 0.3) is 11.5 Å². The first-order valence-electron chi connectivity index (χ1n) is 11.7. The first kappa shape index (κ1) is 24.5. The zero-order valence-electron chi connectivity index (χ0n) is 20.1. The minimum atomic E-state index is -0.347. The van der Waals surface area contributed by atoms with Crippen LogP contribution in [0.15, 0.2) is 34.0 Å². The molecule has 1 aromatic carbocycles. The van der Waals surface area contributed by atoms with Gasteiger partial charge in [-0.25, -0.2) is 4.39 Å². The third-order valence-electron chi connectivity index (χ3n) is 7.15. The summed E-state index contributed by atoms with van der Waals surface area (Å²) in [5.74, 6) is -0.293. The van der Waals surface area contributed by atoms with Crippen molar-refractivity contribution in [3.63, 3.8) is 0 Å². The normalized spacial score (nSPS) is 19.4. The number of carbonyl (C=O) groups is 1. The molecule has 1 aliphatic carbocycles. The molecule has 0 saturated heterocycles. The molecule has 2 aromatic heterocycles. The number of aliphatic hydroxyl groups excluding tert-OH is 1. The lowest BCUT2D eigenvalue weighted by Gasteiger charge is -2.32. The molecule has 8 heteroatoms. The molecule has 2 heterocycles. The van der Waals surface area contributed by atoms with E-state index in [-0.39, 0.29) is 36.0 Å². The molecule has 0 spiro atoms. The van der Waals surface area contributed by atoms with Gasteiger partial charge in [-0.05, 0) is 82.9 Å². The predicted molar refractivity (Wildman–Crippen MR) is 134 cm³/mol. The Morgan fingerprint density at radius 2 is 1.97 bits per heavy atom. The molecule has 1 aliphatic rings. The van der Waals surface area contributed by atoms with Crippen LogP contribution in [0.25, 0.3) is 10.9 Å². The highest BCUT2D eigenvalue weighted by atomic mass is 32.2. The van der Waals surface area contributed by atoms with E-state index in [1.54, 1.807) is 6.07 Å². The van der Waals surface area contributed by atoms with Crippen LogP contribution in [0.3, 0.4) is 0 Å². The number of aliphatic hydroxyl groups is 1. The summed E-state index contributed by atoms with van der Waals surface area (Å²) >= 11 is 1.47. The van der Waals surface area contributed by atoms with Gasteiger partial charge in [0.15, 0.2) is 0 Å². The topological polar surface area (TPSA) is 87.1 Å². The smallest absolute Gasteiger partial charge is 0.254 e. The summed E-state index contributed by atoms with van der Waals surface area (Å²) in [7, 11) is 0. The summed E-state index contributed by atoms with van der Waals surface area (Å²) in [5, 5.41) is 13.5. The van der Waals surface area contributed by atoms with Gasteiger partial charge in [0.1, 0.15) is 5.82 Å². The van der Waals surface area contributed by atoms with E-state index in [0.29, 0.717) is 27.9 Å². The average Bonchev–Trinajstić information content (AvgIpc) is 3.08. The van der Waals surface area contributed by atoms with E-state index in [1.165, 1.54) is 23.9 Å². The molecular formula is C26H32FN3O3S. The Balaban J connectivity index is 1.69. The lowest BCUT2D eigenvalue weighted by molar-refractivity contribution is 0.0945. The number of thioether (sulfide) groups is 1. The first-order chi connectivity index (χ1) is 16.2. The average molecular weight is 486 g/mol. The number of pyridine rings is 1. The highest BCUT2D eigenvalue weighted by Crippen LogP contribution is 2.38. The molecule has 1 fully saturated rings. The van der Waals surface area contributed by atoms with Crippen molar-refractivity contribution in [3.8, 4) is 0 Å². The molecule has 4 rings (SSSR count). The molecule has 1 unspecified atom stereocenters. The highest BCUT2D eigenvalue weighted by Gasteiger charge is 2.29. The fourth-order valence-electron chi connectivity index (χ4n) is 5.31. The van der Waals surface area contributed by atoms with Crippen LogP contribution in [0, 0.1) is 25.6 Å². The van der Waals surface area contributed by atoms with Gasteiger partial charge in [-0.15, -0.1) is 11.8 Å². The number of aryl methyl sites for hydroxylation is 1. The maximum atomic E-state index is 14.3. The zero-order chi connectivity index (χ0) is 24.6. The van der Waals surface area contributed by atoms with Gasteiger partial charge in [-0.3, -0.25) is 9.59 Å². The largest absolute Gasteiger partial charge is 0.393 e. The van der Waals surface area contributed by atoms with Gasteiger partial charge < -0.3 is 20.0 Å². The molecule has 1 atom stereocenters. The summed E-state index contributed by atoms with van der Waals surface area (Å²) < 4.78 is 16.3. The van der Waals surface area contributed by atoms with E-state index in [4.69, 9.17) is 0 Å². The fourth-order valence-corrected chi connectivity index (χ4v) is 6.02. The van der Waals surface area contributed by atoms with E-state index < -0.39 is 0 Å². The third kappa shape index (κ3) is 4.66. The Labute approximate surface area is 203 Å². The van der Waals surface area contributed by atoms with Crippen molar-refractivity contribution in [3.05, 3.63) is 63.0 Å². The standard InChI is InChI=1S/C26H32FN3O3S/c1-14-11-23(34-4)21(25(32)29-14)13-28-26(33)24-16(3)30(22-12-18(27)7-10-20(22)24)15(2)17-5-8-19(31)9-6-17/h7,10-12,15,17,19,31H,5-6,8-9,13H2,1-4H3,(H,28,33)(H,29,32). The number of amides is 1. The molecule has 0 aliphatic heterocycles. The zero-order valence-corrected chi connectivity index (χ0v) is 20.9. The molecule has 0 bridgehead atoms. The van der Waals surface area contributed by atoms with E-state index in [9.17, 15) is 19.1 Å². The number of nitrogens with one attached hydrogen (secondary N) is 2. The number of H-pyrrole nitrogens is 1. The van der Waals surface area contributed by atoms with Crippen LogP contribution in [0.4, 0.5) is 4.39 Å². The number of aromatic amines is 1. The van der Waals surface area contributed by atoms with Crippen molar-refractivity contribution in [2.75, 3.05) is 6.26 Å². The van der Waals surface area contributed by atoms with Crippen LogP contribution in [0.2, 0.25) is 0 Å². The monoisotopic (exact) mass is 485 g/mol. The van der Waals surface area contributed by atoms with Crippen molar-refractivity contribution in [1.29, 1.82) is 0 Å². The Hall–Kier alpha value is -2.58. The molecule has 3 N–H and O–H groups in total. The number of halogens is 1. The molecule has 34 heavy (non-hydrogen) atoms. The van der Waals surface area contributed by atoms with Crippen LogP contribution in [0.1, 0.15) is 66.0 Å². The number of rotatable bonds is 6. The fraction of sp³-hybridized carbons (Fsp3) is 0.462. The highest BCUT2D eigenvalue weighted by molar-refractivity contribution is 7.98. The minimum Gasteiger partial charge on any atom is -0.393 e. The van der Waals surface area contributed by atoms with Gasteiger partial charge in [-0.1, -0.05) is 0 Å². The summed E-state index contributed by atoms with van der Waals surface area (Å²) in [6.07, 6.45) is 4.96. The van der Waals surface area contributed by atoms with Crippen molar-refractivity contribution in [2.45, 2.75) is 70.0 Å². The van der Waals surface area contributed by atoms with Gasteiger partial charge in [0, 0.05) is 39.8 Å². The molecule has 3 aromatic rings. The molecular weight excluding hydrogens is 453 g/mol. The Bertz CT molecular complexity index is 1270. The summed E-state index contributed by atoms with van der Waals surface area (Å²) in [4.78, 5) is 29.5. The van der Waals surface area contributed by atoms with Crippen LogP contribution >= 0.6 is 11.8 Å². The minimum absolute atomic E-state index is 0.0568. The third-order valence-corrected chi connectivity index (χ3v) is 7.95. The first-order valence-corrected chi connectivity index (χ1v) is 13.0. The molecule has 1 amide bonds. The number of aromatic nitrogens is 2. The van der Waals surface area contributed by atoms with Crippen molar-refractivity contribution >= 4 is 28.6 Å². The number of nitrogens with zero attached hydrogens (tertiary/aromatic N) is 1. The van der Waals surface area contributed by atoms with Gasteiger partial charge in [0.05, 0.1) is 17.2 Å². The maximum Gasteiger partial charge on any atom is 0.254 e. The second-order valence-electron chi connectivity index (χ2n) is 9.31. The van der Waals surface area contributed by atoms with Crippen molar-refractivity contribution < 1.29 is 14.3 Å². The predicted octanol–water partition coefficient (Wildman–Crippen LogP) is 4.85. The number of benzene rings is 1. The van der Waals surface area contributed by atoms with Gasteiger partial charge >= 0.3 is 0 Å². The quantitative estimate of drug-likeness (QED) is 0.436. The molecule has 182 valence electrons. The second-order valence-corrected chi connectivity index (χ2v) is 10.2. The van der Waals surface area contributed by atoms with Gasteiger partial charge in [-0.2, -0.15) is 0 Å². The lowest BCUT2D eigenvalue weighted by atomic mass is 9.83. The Kier molecular flexibility index (Phi) is 7.19. The lowest BCUT2D eigenvalue weighted by Crippen LogP contribution is -2.28. The number of hydrogen-bond acceptors (Lipinski definition) is 4. The van der Waals surface area contributed by atoms with Gasteiger partial charge in [0.2, 0.25) is 0 Å². The van der Waals surface area contributed by atoms with Crippen molar-refractivity contribution in [2.24, 2.45) is 5.92 Å². The maximum absolute atomic E-state index is 14.3. The Morgan fingerprint density at radius 1 is 1.26 bits per heavy atom. The molecule has 0 radical (unpaired) electrons. The summed E-state index contributed by atoms with van der Waals surface area (Å²) in [6.45, 7) is 5.94. The molecule has 1 saturated carbocycles. The van der Waals surface area contributed by atoms with Crippen LogP contribution in [0.5, 0.6) is 0 Å². The van der Waals surface area contributed by atoms with E-state index >= 15 is 0 Å². The van der Waals surface area contributed by atoms with Crippen LogP contribution in [-0.2, 0) is 6.54 Å². The van der Waals surface area contributed by atoms with E-state index in [2.05, 4.69) is 21.8 Å². The number of hydrogen-bond donors (Lipinski definition) is 3. The van der Waals surface area contributed by atoms with Crippen LogP contribution < -0.4 is 10.9 Å². The SMILES string of the molecule is CSc1cc(C)[nH]c(=O)c1CNC(=O)c1c(C)n(C(C)C2CCC(O)CC2)c2cc(F)ccc12. The Morgan fingerprint density at radius 3 is 2.65 bits per heavy atom. The summed E-state index contributed by atoms with van der Waals surface area (Å²) in [5.41, 5.74) is 3.06. The second kappa shape index (κ2) is 9.96. The number of fused-ring (bicyclic) bond motifs is 1. The van der Waals surface area contributed by atoms with Crippen LogP contribution in [-0.4, -0.2) is 32.9 Å². The van der Waals surface area contributed by atoms with E-state index in [0.717, 1.165) is 42.0 Å². The van der Waals surface area contributed by atoms with E-state index in [1.807, 2.05) is 26.2 Å². The van der Waals surface area contributed by atoms with Crippen molar-refractivity contribution in [1.82, 2.24) is 14.9 Å². The summed E-state index contributed by atoms with van der Waals surface area (Å²) in [6, 6.07) is 6.48.